The molecular weight excluding hydrogens is 358 g/mol. The summed E-state index contributed by atoms with van der Waals surface area (Å²) in [6.07, 6.45) is 0. The van der Waals surface area contributed by atoms with Crippen LogP contribution in [0.2, 0.25) is 5.02 Å². The Labute approximate surface area is 153 Å². The molecule has 0 aliphatic carbocycles. The topological polar surface area (TPSA) is 88.5 Å². The third-order valence-electron chi connectivity index (χ3n) is 3.58. The number of hydrogen-bond acceptors (Lipinski definition) is 4. The molecule has 1 aromatic heterocycles. The molecule has 2 aromatic carbocycles. The van der Waals surface area contributed by atoms with Gasteiger partial charge in [0.15, 0.2) is 10.8 Å². The number of rotatable bonds is 3. The molecule has 0 radical (unpaired) electrons. The fourth-order valence-electron chi connectivity index (χ4n) is 2.30. The van der Waals surface area contributed by atoms with Gasteiger partial charge >= 0.3 is 5.56 Å². The van der Waals surface area contributed by atoms with Gasteiger partial charge in [0.05, 0.1) is 10.7 Å². The fraction of sp³-hybridized carbons (Fsp3) is 0.0588. The Morgan fingerprint density at radius 3 is 2.56 bits per heavy atom. The van der Waals surface area contributed by atoms with Crippen LogP contribution in [0, 0.1) is 6.92 Å². The maximum Gasteiger partial charge on any atom is 0.301 e. The van der Waals surface area contributed by atoms with Crippen LogP contribution < -0.4 is 11.3 Å². The number of nitrogens with two attached hydrogens (primary N) is 1. The molecule has 0 amide bonds. The summed E-state index contributed by atoms with van der Waals surface area (Å²) in [4.78, 5) is 12.6. The molecule has 0 saturated carbocycles. The minimum atomic E-state index is -0.473. The Bertz CT molecular complexity index is 1020. The molecule has 3 rings (SSSR count). The molecule has 6 nitrogen and oxygen atoms in total. The number of aromatic nitrogens is 2. The van der Waals surface area contributed by atoms with E-state index in [9.17, 15) is 4.79 Å². The molecule has 0 unspecified atom stereocenters. The summed E-state index contributed by atoms with van der Waals surface area (Å²) in [7, 11) is 0. The number of nitrogens with zero attached hydrogens (tertiary/aromatic N) is 3. The van der Waals surface area contributed by atoms with E-state index >= 15 is 0 Å². The number of H-pyrrole nitrogens is 1. The van der Waals surface area contributed by atoms with Gasteiger partial charge in [-0.2, -0.15) is 4.68 Å². The van der Waals surface area contributed by atoms with E-state index in [1.54, 1.807) is 6.07 Å². The number of thiocarbonyl (C=S) groups is 1. The largest absolute Gasteiger partial charge is 0.374 e. The highest BCUT2D eigenvalue weighted by Gasteiger charge is 2.17. The zero-order chi connectivity index (χ0) is 18.0. The Hall–Kier alpha value is -2.77. The van der Waals surface area contributed by atoms with Crippen LogP contribution in [-0.2, 0) is 0 Å². The molecule has 126 valence electrons. The lowest BCUT2D eigenvalue weighted by Gasteiger charge is -2.00. The van der Waals surface area contributed by atoms with E-state index in [-0.39, 0.29) is 10.8 Å². The second-order valence-corrected chi connectivity index (χ2v) is 6.08. The normalized spacial score (nSPS) is 11.1. The van der Waals surface area contributed by atoms with E-state index in [0.29, 0.717) is 16.4 Å². The van der Waals surface area contributed by atoms with E-state index in [2.05, 4.69) is 15.3 Å². The number of aryl methyl sites for hydroxylation is 1. The highest BCUT2D eigenvalue weighted by molar-refractivity contribution is 7.80. The van der Waals surface area contributed by atoms with Crippen LogP contribution in [0.1, 0.15) is 5.56 Å². The van der Waals surface area contributed by atoms with Crippen molar-refractivity contribution in [3.8, 4) is 11.3 Å². The lowest BCUT2D eigenvalue weighted by molar-refractivity contribution is 0.910. The van der Waals surface area contributed by atoms with Crippen LogP contribution >= 0.6 is 23.8 Å². The predicted molar refractivity (Wildman–Crippen MR) is 103 cm³/mol. The fourth-order valence-corrected chi connectivity index (χ4v) is 2.59. The summed E-state index contributed by atoms with van der Waals surface area (Å²) in [5.41, 5.74) is 7.82. The summed E-state index contributed by atoms with van der Waals surface area (Å²) in [5, 5.41) is 11.5. The van der Waals surface area contributed by atoms with Gasteiger partial charge in [-0.1, -0.05) is 54.1 Å². The minimum absolute atomic E-state index is 0.0998. The van der Waals surface area contributed by atoms with Crippen LogP contribution in [0.15, 0.2) is 63.6 Å². The average molecular weight is 372 g/mol. The van der Waals surface area contributed by atoms with Gasteiger partial charge in [0.2, 0.25) is 0 Å². The van der Waals surface area contributed by atoms with E-state index in [0.717, 1.165) is 15.8 Å². The van der Waals surface area contributed by atoms with Gasteiger partial charge in [-0.3, -0.25) is 9.89 Å². The Morgan fingerprint density at radius 1 is 1.16 bits per heavy atom. The van der Waals surface area contributed by atoms with Crippen LogP contribution in [-0.4, -0.2) is 14.9 Å². The highest BCUT2D eigenvalue weighted by atomic mass is 35.5. The zero-order valence-electron chi connectivity index (χ0n) is 13.2. The Morgan fingerprint density at radius 2 is 1.88 bits per heavy atom. The molecule has 8 heteroatoms. The van der Waals surface area contributed by atoms with Crippen molar-refractivity contribution in [3.05, 3.63) is 69.5 Å². The van der Waals surface area contributed by atoms with Gasteiger partial charge in [-0.05, 0) is 30.8 Å². The van der Waals surface area contributed by atoms with Gasteiger partial charge in [0, 0.05) is 5.56 Å². The van der Waals surface area contributed by atoms with Crippen LogP contribution in [0.5, 0.6) is 0 Å². The van der Waals surface area contributed by atoms with Gasteiger partial charge in [0.25, 0.3) is 0 Å². The standard InChI is InChI=1S/C17H14ClN5OS/c1-10-6-5-9-12(13(10)18)20-21-15-14(11-7-3-2-4-8-11)22-23(16(15)24)17(19)25/h2-9,22H,1H3,(H2,19,25). The molecule has 0 fully saturated rings. The number of nitrogens with one attached hydrogen (secondary N) is 1. The molecule has 3 aromatic rings. The van der Waals surface area contributed by atoms with Gasteiger partial charge in [-0.25, -0.2) is 0 Å². The number of benzene rings is 2. The summed E-state index contributed by atoms with van der Waals surface area (Å²) in [6, 6.07) is 14.7. The third kappa shape index (κ3) is 3.38. The van der Waals surface area contributed by atoms with Crippen LogP contribution in [0.3, 0.4) is 0 Å². The van der Waals surface area contributed by atoms with Crippen molar-refractivity contribution in [2.45, 2.75) is 6.92 Å². The lowest BCUT2D eigenvalue weighted by Crippen LogP contribution is -2.29. The van der Waals surface area contributed by atoms with Gasteiger partial charge in [0.1, 0.15) is 5.69 Å². The molecule has 0 spiro atoms. The second-order valence-electron chi connectivity index (χ2n) is 5.29. The quantitative estimate of drug-likeness (QED) is 0.531. The summed E-state index contributed by atoms with van der Waals surface area (Å²) >= 11 is 11.1. The molecule has 3 N–H and O–H groups in total. The molecule has 0 aliphatic rings. The van der Waals surface area contributed by atoms with E-state index in [1.807, 2.05) is 49.4 Å². The van der Waals surface area contributed by atoms with E-state index < -0.39 is 5.56 Å². The SMILES string of the molecule is Cc1cccc(N=Nc2c(-c3ccccc3)[nH]n(C(N)=S)c2=O)c1Cl. The lowest BCUT2D eigenvalue weighted by atomic mass is 10.1. The number of azo groups is 1. The third-order valence-corrected chi connectivity index (χ3v) is 4.25. The predicted octanol–water partition coefficient (Wildman–Crippen LogP) is 4.31. The molecule has 25 heavy (non-hydrogen) atoms. The molecule has 0 atom stereocenters. The first-order chi connectivity index (χ1) is 12.0. The average Bonchev–Trinajstić information content (AvgIpc) is 2.94. The number of aromatic amines is 1. The zero-order valence-corrected chi connectivity index (χ0v) is 14.8. The van der Waals surface area contributed by atoms with Crippen molar-refractivity contribution in [2.24, 2.45) is 16.0 Å². The molecule has 1 heterocycles. The molecule has 0 saturated heterocycles. The maximum atomic E-state index is 12.6. The molecule has 0 bridgehead atoms. The highest BCUT2D eigenvalue weighted by Crippen LogP contribution is 2.31. The van der Waals surface area contributed by atoms with Gasteiger partial charge < -0.3 is 5.73 Å². The first-order valence-corrected chi connectivity index (χ1v) is 8.14. The second kappa shape index (κ2) is 7.00. The minimum Gasteiger partial charge on any atom is -0.374 e. The number of hydrogen-bond donors (Lipinski definition) is 2. The van der Waals surface area contributed by atoms with Crippen molar-refractivity contribution in [1.82, 2.24) is 9.78 Å². The monoisotopic (exact) mass is 371 g/mol. The Balaban J connectivity index is 2.15. The maximum absolute atomic E-state index is 12.6. The van der Waals surface area contributed by atoms with Crippen molar-refractivity contribution >= 4 is 40.3 Å². The summed E-state index contributed by atoms with van der Waals surface area (Å²) in [5.74, 6) is 0. The summed E-state index contributed by atoms with van der Waals surface area (Å²) < 4.78 is 1.06. The van der Waals surface area contributed by atoms with Crippen molar-refractivity contribution in [1.29, 1.82) is 0 Å². The van der Waals surface area contributed by atoms with Crippen LogP contribution in [0.4, 0.5) is 11.4 Å². The molecule has 0 aliphatic heterocycles. The van der Waals surface area contributed by atoms with Crippen LogP contribution in [0.25, 0.3) is 11.3 Å². The first kappa shape index (κ1) is 17.1. The van der Waals surface area contributed by atoms with E-state index in [1.165, 1.54) is 0 Å². The van der Waals surface area contributed by atoms with Crippen molar-refractivity contribution < 1.29 is 0 Å². The van der Waals surface area contributed by atoms with Gasteiger partial charge in [-0.15, -0.1) is 10.2 Å². The number of halogens is 1. The van der Waals surface area contributed by atoms with E-state index in [4.69, 9.17) is 29.6 Å². The van der Waals surface area contributed by atoms with Crippen molar-refractivity contribution in [3.63, 3.8) is 0 Å². The first-order valence-electron chi connectivity index (χ1n) is 7.36. The smallest absolute Gasteiger partial charge is 0.301 e. The molecular formula is C17H14ClN5OS. The van der Waals surface area contributed by atoms with Crippen molar-refractivity contribution in [2.75, 3.05) is 0 Å². The summed E-state index contributed by atoms with van der Waals surface area (Å²) in [6.45, 7) is 1.87. The Kier molecular flexibility index (Phi) is 4.78.